The van der Waals surface area contributed by atoms with E-state index in [1.807, 2.05) is 0 Å². The van der Waals surface area contributed by atoms with Crippen LogP contribution in [-0.4, -0.2) is 50.2 Å². The van der Waals surface area contributed by atoms with Gasteiger partial charge in [0, 0.05) is 5.56 Å². The number of aliphatic hydroxyl groups excluding tert-OH is 3. The van der Waals surface area contributed by atoms with Crippen molar-refractivity contribution in [2.24, 2.45) is 0 Å². The number of aromatic nitrogens is 2. The highest BCUT2D eigenvalue weighted by atomic mass is 79.9. The summed E-state index contributed by atoms with van der Waals surface area (Å²) in [6.07, 6.45) is -4.28. The number of hydrogen-bond acceptors (Lipinski definition) is 5. The van der Waals surface area contributed by atoms with Gasteiger partial charge in [0.25, 0.3) is 0 Å². The van der Waals surface area contributed by atoms with Crippen LogP contribution in [0.1, 0.15) is 11.7 Å². The molecule has 3 rings (SSSR count). The Morgan fingerprint density at radius 3 is 2.67 bits per heavy atom. The Hall–Kier alpha value is -0.410. The first-order valence-electron chi connectivity index (χ1n) is 6.09. The van der Waals surface area contributed by atoms with E-state index in [0.717, 1.165) is 0 Å². The molecule has 1 aromatic carbocycles. The zero-order valence-electron chi connectivity index (χ0n) is 10.4. The van der Waals surface area contributed by atoms with E-state index in [1.54, 1.807) is 6.07 Å². The minimum Gasteiger partial charge on any atom is -0.394 e. The Balaban J connectivity index is 2.18. The molecule has 4 N–H and O–H groups in total. The molecule has 9 heteroatoms. The molecular weight excluding hydrogens is 387 g/mol. The Labute approximate surface area is 137 Å². The minimum absolute atomic E-state index is 0.193. The molecule has 0 unspecified atom stereocenters. The highest BCUT2D eigenvalue weighted by molar-refractivity contribution is 9.10. The van der Waals surface area contributed by atoms with Crippen molar-refractivity contribution >= 4 is 50.2 Å². The van der Waals surface area contributed by atoms with Crippen LogP contribution < -0.4 is 0 Å². The quantitative estimate of drug-likeness (QED) is 0.619. The zero-order chi connectivity index (χ0) is 15.3. The number of nitrogens with zero attached hydrogens (tertiary/aromatic N) is 1. The number of hydrogen-bond donors (Lipinski definition) is 4. The minimum atomic E-state index is -1.24. The number of halogens is 3. The molecule has 0 spiro atoms. The fraction of sp³-hybridized carbons (Fsp3) is 0.417. The summed E-state index contributed by atoms with van der Waals surface area (Å²) in [6.45, 7) is -0.416. The molecule has 1 saturated heterocycles. The Morgan fingerprint density at radius 1 is 1.33 bits per heavy atom. The largest absolute Gasteiger partial charge is 0.394 e. The van der Waals surface area contributed by atoms with Crippen molar-refractivity contribution in [1.29, 1.82) is 0 Å². The van der Waals surface area contributed by atoms with E-state index in [4.69, 9.17) is 27.9 Å². The van der Waals surface area contributed by atoms with E-state index in [-0.39, 0.29) is 10.0 Å². The van der Waals surface area contributed by atoms with Gasteiger partial charge in [-0.25, -0.2) is 4.98 Å². The molecule has 0 saturated carbocycles. The number of aliphatic hydroxyl groups is 3. The summed E-state index contributed by atoms with van der Waals surface area (Å²) >= 11 is 15.5. The van der Waals surface area contributed by atoms with Crippen molar-refractivity contribution in [2.45, 2.75) is 24.4 Å². The first kappa shape index (κ1) is 15.5. The molecule has 1 aliphatic rings. The molecule has 0 bridgehead atoms. The van der Waals surface area contributed by atoms with Crippen molar-refractivity contribution in [3.05, 3.63) is 26.4 Å². The second-order valence-corrected chi connectivity index (χ2v) is 6.31. The van der Waals surface area contributed by atoms with Gasteiger partial charge in [0.05, 0.1) is 27.7 Å². The third-order valence-corrected chi connectivity index (χ3v) is 4.68. The predicted molar refractivity (Wildman–Crippen MR) is 80.5 cm³/mol. The van der Waals surface area contributed by atoms with Crippen LogP contribution in [0.2, 0.25) is 10.0 Å². The van der Waals surface area contributed by atoms with Crippen LogP contribution in [0.4, 0.5) is 0 Å². The fourth-order valence-corrected chi connectivity index (χ4v) is 3.34. The van der Waals surface area contributed by atoms with Crippen molar-refractivity contribution < 1.29 is 20.1 Å². The normalized spacial score (nSPS) is 29.4. The summed E-state index contributed by atoms with van der Waals surface area (Å²) in [5.41, 5.74) is 1.47. The Morgan fingerprint density at radius 2 is 2.05 bits per heavy atom. The number of benzene rings is 1. The average molecular weight is 398 g/mol. The monoisotopic (exact) mass is 396 g/mol. The maximum Gasteiger partial charge on any atom is 0.175 e. The molecule has 2 heterocycles. The van der Waals surface area contributed by atoms with Crippen LogP contribution in [0, 0.1) is 0 Å². The van der Waals surface area contributed by atoms with Crippen molar-refractivity contribution in [3.8, 4) is 0 Å². The highest BCUT2D eigenvalue weighted by Gasteiger charge is 2.45. The van der Waals surface area contributed by atoms with Crippen LogP contribution in [0.15, 0.2) is 10.8 Å². The molecule has 1 fully saturated rings. The number of rotatable bonds is 2. The van der Waals surface area contributed by atoms with Crippen LogP contribution in [0.5, 0.6) is 0 Å². The fourth-order valence-electron chi connectivity index (χ4n) is 2.49. The van der Waals surface area contributed by atoms with Crippen LogP contribution in [-0.2, 0) is 4.74 Å². The van der Waals surface area contributed by atoms with E-state index in [9.17, 15) is 15.3 Å². The molecule has 21 heavy (non-hydrogen) atoms. The van der Waals surface area contributed by atoms with Gasteiger partial charge in [-0.15, -0.1) is 0 Å². The van der Waals surface area contributed by atoms with Gasteiger partial charge in [-0.3, -0.25) is 0 Å². The molecule has 4 atom stereocenters. The van der Waals surface area contributed by atoms with E-state index in [2.05, 4.69) is 25.9 Å². The molecule has 2 aromatic rings. The first-order chi connectivity index (χ1) is 9.93. The summed E-state index contributed by atoms with van der Waals surface area (Å²) in [7, 11) is 0. The Bertz CT molecular complexity index is 695. The van der Waals surface area contributed by atoms with E-state index >= 15 is 0 Å². The molecule has 0 radical (unpaired) electrons. The lowest BCUT2D eigenvalue weighted by molar-refractivity contribution is -0.0223. The SMILES string of the molecule is OC[C@@H]1O[C@@H](c2c(Cl)c(Cl)cc3[nH]c(Br)nc23)[C@H](O)[C@H]1O. The lowest BCUT2D eigenvalue weighted by atomic mass is 10.00. The summed E-state index contributed by atoms with van der Waals surface area (Å²) in [5, 5.41) is 29.7. The third-order valence-electron chi connectivity index (χ3n) is 3.50. The zero-order valence-corrected chi connectivity index (χ0v) is 13.5. The van der Waals surface area contributed by atoms with Gasteiger partial charge in [0.15, 0.2) is 4.73 Å². The molecule has 1 aliphatic heterocycles. The summed E-state index contributed by atoms with van der Waals surface area (Å²) in [6, 6.07) is 1.61. The van der Waals surface area contributed by atoms with Crippen LogP contribution in [0.25, 0.3) is 11.0 Å². The van der Waals surface area contributed by atoms with Gasteiger partial charge >= 0.3 is 0 Å². The van der Waals surface area contributed by atoms with Gasteiger partial charge < -0.3 is 25.0 Å². The third kappa shape index (κ3) is 2.46. The predicted octanol–water partition coefficient (Wildman–Crippen LogP) is 1.79. The van der Waals surface area contributed by atoms with Crippen LogP contribution >= 0.6 is 39.1 Å². The maximum atomic E-state index is 10.2. The first-order valence-corrected chi connectivity index (χ1v) is 7.64. The average Bonchev–Trinajstić information content (AvgIpc) is 2.93. The topological polar surface area (TPSA) is 98.6 Å². The van der Waals surface area contributed by atoms with Crippen molar-refractivity contribution in [1.82, 2.24) is 9.97 Å². The van der Waals surface area contributed by atoms with Crippen LogP contribution in [0.3, 0.4) is 0 Å². The number of aromatic amines is 1. The van der Waals surface area contributed by atoms with Crippen molar-refractivity contribution in [2.75, 3.05) is 6.61 Å². The summed E-state index contributed by atoms with van der Waals surface area (Å²) < 4.78 is 5.99. The number of fused-ring (bicyclic) bond motifs is 1. The van der Waals surface area contributed by atoms with E-state index in [0.29, 0.717) is 21.3 Å². The van der Waals surface area contributed by atoms with Gasteiger partial charge in [0.2, 0.25) is 0 Å². The number of nitrogens with one attached hydrogen (secondary N) is 1. The lowest BCUT2D eigenvalue weighted by Crippen LogP contribution is -2.32. The number of ether oxygens (including phenoxy) is 1. The molecule has 6 nitrogen and oxygen atoms in total. The number of H-pyrrole nitrogens is 1. The van der Waals surface area contributed by atoms with E-state index < -0.39 is 31.0 Å². The molecule has 114 valence electrons. The second kappa shape index (κ2) is 5.66. The van der Waals surface area contributed by atoms with E-state index in [1.165, 1.54) is 0 Å². The standard InChI is InChI=1S/C12H11BrCl2N2O4/c13-12-16-4-1-3(14)7(15)6(8(4)17-12)11-10(20)9(19)5(2-18)21-11/h1,5,9-11,18-20H,2H2,(H,16,17)/t5-,9-,10+,11-/m0/s1. The maximum absolute atomic E-state index is 10.2. The number of imidazole rings is 1. The summed E-state index contributed by atoms with van der Waals surface area (Å²) in [4.78, 5) is 7.21. The van der Waals surface area contributed by atoms with Gasteiger partial charge in [-0.2, -0.15) is 0 Å². The molecule has 0 aliphatic carbocycles. The molecule has 1 aromatic heterocycles. The molecular formula is C12H11BrCl2N2O4. The smallest absolute Gasteiger partial charge is 0.175 e. The van der Waals surface area contributed by atoms with Gasteiger partial charge in [-0.1, -0.05) is 23.2 Å². The van der Waals surface area contributed by atoms with Crippen molar-refractivity contribution in [3.63, 3.8) is 0 Å². The Kier molecular flexibility index (Phi) is 4.17. The van der Waals surface area contributed by atoms with Gasteiger partial charge in [0.1, 0.15) is 24.4 Å². The molecule has 0 amide bonds. The lowest BCUT2D eigenvalue weighted by Gasteiger charge is -2.17. The van der Waals surface area contributed by atoms with Gasteiger partial charge in [-0.05, 0) is 22.0 Å². The second-order valence-electron chi connectivity index (χ2n) is 4.77. The summed E-state index contributed by atoms with van der Waals surface area (Å²) in [5.74, 6) is 0. The highest BCUT2D eigenvalue weighted by Crippen LogP contribution is 2.43.